The third-order valence-electron chi connectivity index (χ3n) is 3.32. The summed E-state index contributed by atoms with van der Waals surface area (Å²) in [7, 11) is -3.67. The highest BCUT2D eigenvalue weighted by molar-refractivity contribution is 7.91. The Hall–Kier alpha value is -1.51. The third-order valence-corrected chi connectivity index (χ3v) is 6.80. The summed E-state index contributed by atoms with van der Waals surface area (Å²) in [6.45, 7) is 1.84. The zero-order valence-corrected chi connectivity index (χ0v) is 13.1. The monoisotopic (exact) mass is 325 g/mol. The number of pyridine rings is 1. The Labute approximate surface area is 126 Å². The van der Waals surface area contributed by atoms with E-state index >= 15 is 0 Å². The van der Waals surface area contributed by atoms with E-state index in [0.717, 1.165) is 24.2 Å². The van der Waals surface area contributed by atoms with Gasteiger partial charge < -0.3 is 4.98 Å². The van der Waals surface area contributed by atoms with E-state index < -0.39 is 10.0 Å². The number of thiazole rings is 1. The van der Waals surface area contributed by atoms with Gasteiger partial charge in [-0.25, -0.2) is 8.42 Å². The number of aromatic nitrogens is 2. The summed E-state index contributed by atoms with van der Waals surface area (Å²) in [5.74, 6) is 0. The van der Waals surface area contributed by atoms with Crippen LogP contribution in [-0.4, -0.2) is 28.7 Å². The minimum absolute atomic E-state index is 0.00797. The lowest BCUT2D eigenvalue weighted by atomic mass is 10.3. The molecule has 6 nitrogen and oxygen atoms in total. The molecule has 1 aliphatic rings. The summed E-state index contributed by atoms with van der Waals surface area (Å²) >= 11 is 0.744. The lowest BCUT2D eigenvalue weighted by Crippen LogP contribution is -2.32. The lowest BCUT2D eigenvalue weighted by Gasteiger charge is -2.20. The maximum atomic E-state index is 12.8. The fourth-order valence-electron chi connectivity index (χ4n) is 2.17. The molecule has 0 unspecified atom stereocenters. The first kappa shape index (κ1) is 14.4. The van der Waals surface area contributed by atoms with Crippen LogP contribution < -0.4 is 4.87 Å². The molecule has 0 amide bonds. The van der Waals surface area contributed by atoms with Gasteiger partial charge in [0.05, 0.1) is 12.2 Å². The normalized spacial score (nSPS) is 15.5. The minimum Gasteiger partial charge on any atom is -0.315 e. The van der Waals surface area contributed by atoms with E-state index in [4.69, 9.17) is 0 Å². The van der Waals surface area contributed by atoms with Crippen LogP contribution >= 0.6 is 11.3 Å². The Morgan fingerprint density at radius 1 is 1.43 bits per heavy atom. The van der Waals surface area contributed by atoms with Crippen molar-refractivity contribution in [1.29, 1.82) is 0 Å². The molecule has 0 aliphatic heterocycles. The second-order valence-electron chi connectivity index (χ2n) is 5.03. The maximum Gasteiger partial charge on any atom is 0.305 e. The molecule has 0 radical (unpaired) electrons. The Kier molecular flexibility index (Phi) is 3.68. The van der Waals surface area contributed by atoms with Crippen LogP contribution in [0.5, 0.6) is 0 Å². The number of nitrogens with one attached hydrogen (secondary N) is 1. The van der Waals surface area contributed by atoms with E-state index in [2.05, 4.69) is 9.97 Å². The van der Waals surface area contributed by atoms with Crippen LogP contribution in [0.3, 0.4) is 0 Å². The van der Waals surface area contributed by atoms with Crippen molar-refractivity contribution < 1.29 is 8.42 Å². The molecule has 1 N–H and O–H groups in total. The fourth-order valence-corrected chi connectivity index (χ4v) is 5.24. The van der Waals surface area contributed by atoms with E-state index in [0.29, 0.717) is 11.4 Å². The summed E-state index contributed by atoms with van der Waals surface area (Å²) in [6.07, 6.45) is 3.35. The zero-order valence-electron chi connectivity index (χ0n) is 11.4. The Bertz CT molecular complexity index is 792. The van der Waals surface area contributed by atoms with Crippen molar-refractivity contribution in [1.82, 2.24) is 14.3 Å². The fraction of sp³-hybridized carbons (Fsp3) is 0.385. The first-order valence-corrected chi connectivity index (χ1v) is 8.85. The second-order valence-corrected chi connectivity index (χ2v) is 8.10. The summed E-state index contributed by atoms with van der Waals surface area (Å²) in [6, 6.07) is 5.44. The highest BCUT2D eigenvalue weighted by atomic mass is 32.2. The molecule has 8 heteroatoms. The first-order chi connectivity index (χ1) is 9.98. The van der Waals surface area contributed by atoms with Gasteiger partial charge in [0.1, 0.15) is 0 Å². The van der Waals surface area contributed by atoms with Gasteiger partial charge in [0, 0.05) is 17.9 Å². The molecule has 2 heterocycles. The van der Waals surface area contributed by atoms with Gasteiger partial charge in [0.2, 0.25) is 0 Å². The van der Waals surface area contributed by atoms with Gasteiger partial charge in [-0.2, -0.15) is 4.31 Å². The van der Waals surface area contributed by atoms with Crippen molar-refractivity contribution in [2.24, 2.45) is 0 Å². The van der Waals surface area contributed by atoms with Gasteiger partial charge in [-0.1, -0.05) is 17.4 Å². The van der Waals surface area contributed by atoms with E-state index in [1.165, 1.54) is 4.31 Å². The Morgan fingerprint density at radius 2 is 2.19 bits per heavy atom. The molecule has 112 valence electrons. The van der Waals surface area contributed by atoms with Crippen molar-refractivity contribution >= 4 is 21.4 Å². The van der Waals surface area contributed by atoms with Crippen LogP contribution in [0.4, 0.5) is 0 Å². The van der Waals surface area contributed by atoms with Crippen molar-refractivity contribution in [3.8, 4) is 0 Å². The highest BCUT2D eigenvalue weighted by Crippen LogP contribution is 2.34. The van der Waals surface area contributed by atoms with Crippen LogP contribution in [0.2, 0.25) is 0 Å². The average molecular weight is 325 g/mol. The van der Waals surface area contributed by atoms with E-state index in [-0.39, 0.29) is 21.7 Å². The first-order valence-electron chi connectivity index (χ1n) is 6.60. The lowest BCUT2D eigenvalue weighted by molar-refractivity contribution is 0.395. The van der Waals surface area contributed by atoms with Crippen LogP contribution in [0.15, 0.2) is 33.4 Å². The van der Waals surface area contributed by atoms with Crippen molar-refractivity contribution in [3.05, 3.63) is 45.5 Å². The molecule has 1 aliphatic carbocycles. The second kappa shape index (κ2) is 5.36. The Balaban J connectivity index is 1.97. The molecule has 0 atom stereocenters. The van der Waals surface area contributed by atoms with Crippen LogP contribution in [0.1, 0.15) is 24.2 Å². The minimum atomic E-state index is -3.67. The molecule has 2 aromatic rings. The molecule has 1 fully saturated rings. The van der Waals surface area contributed by atoms with E-state index in [1.807, 2.05) is 6.07 Å². The average Bonchev–Trinajstić information content (AvgIpc) is 3.21. The topological polar surface area (TPSA) is 83.1 Å². The molecule has 0 aromatic carbocycles. The van der Waals surface area contributed by atoms with Crippen molar-refractivity contribution in [2.45, 2.75) is 36.6 Å². The molecule has 1 saturated carbocycles. The quantitative estimate of drug-likeness (QED) is 0.903. The standard InChI is InChI=1S/C13H15N3O3S2/c1-9-12(20-13(17)15-9)21(18,19)16(11-5-6-11)8-10-4-2-3-7-14-10/h2-4,7,11H,5-6,8H2,1H3,(H,15,17). The number of hydrogen-bond donors (Lipinski definition) is 1. The van der Waals surface area contributed by atoms with Crippen molar-refractivity contribution in [2.75, 3.05) is 0 Å². The van der Waals surface area contributed by atoms with Gasteiger partial charge >= 0.3 is 4.87 Å². The molecular weight excluding hydrogens is 310 g/mol. The summed E-state index contributed by atoms with van der Waals surface area (Å²) in [5, 5.41) is 0. The smallest absolute Gasteiger partial charge is 0.305 e. The molecule has 2 aromatic heterocycles. The molecule has 0 bridgehead atoms. The van der Waals surface area contributed by atoms with Gasteiger partial charge in [0.15, 0.2) is 4.21 Å². The highest BCUT2D eigenvalue weighted by Gasteiger charge is 2.39. The van der Waals surface area contributed by atoms with Crippen LogP contribution in [0, 0.1) is 6.92 Å². The van der Waals surface area contributed by atoms with Crippen molar-refractivity contribution in [3.63, 3.8) is 0 Å². The largest absolute Gasteiger partial charge is 0.315 e. The number of hydrogen-bond acceptors (Lipinski definition) is 5. The molecule has 0 spiro atoms. The predicted molar refractivity (Wildman–Crippen MR) is 79.7 cm³/mol. The SMILES string of the molecule is Cc1[nH]c(=O)sc1S(=O)(=O)N(Cc1ccccn1)C1CC1. The van der Waals surface area contributed by atoms with Crippen LogP contribution in [-0.2, 0) is 16.6 Å². The number of nitrogens with zero attached hydrogens (tertiary/aromatic N) is 2. The van der Waals surface area contributed by atoms with Gasteiger partial charge in [0.25, 0.3) is 10.0 Å². The third kappa shape index (κ3) is 2.92. The summed E-state index contributed by atoms with van der Waals surface area (Å²) < 4.78 is 27.2. The number of rotatable bonds is 5. The maximum absolute atomic E-state index is 12.8. The van der Waals surface area contributed by atoms with E-state index in [9.17, 15) is 13.2 Å². The molecule has 0 saturated heterocycles. The summed E-state index contributed by atoms with van der Waals surface area (Å²) in [5.41, 5.74) is 1.10. The number of H-pyrrole nitrogens is 1. The zero-order chi connectivity index (χ0) is 15.0. The predicted octanol–water partition coefficient (Wildman–Crippen LogP) is 1.49. The number of aromatic amines is 1. The molecular formula is C13H15N3O3S2. The van der Waals surface area contributed by atoms with Gasteiger partial charge in [-0.05, 0) is 31.9 Å². The Morgan fingerprint density at radius 3 is 2.71 bits per heavy atom. The van der Waals surface area contributed by atoms with E-state index in [1.54, 1.807) is 25.3 Å². The van der Waals surface area contributed by atoms with Gasteiger partial charge in [-0.15, -0.1) is 0 Å². The summed E-state index contributed by atoms with van der Waals surface area (Å²) in [4.78, 5) is 17.8. The van der Waals surface area contributed by atoms with Crippen LogP contribution in [0.25, 0.3) is 0 Å². The van der Waals surface area contributed by atoms with Gasteiger partial charge in [-0.3, -0.25) is 9.78 Å². The molecule has 21 heavy (non-hydrogen) atoms. The number of aryl methyl sites for hydroxylation is 1. The number of sulfonamides is 1. The molecule has 3 rings (SSSR count).